The summed E-state index contributed by atoms with van der Waals surface area (Å²) < 4.78 is 19.3. The lowest BCUT2D eigenvalue weighted by Gasteiger charge is -2.26. The second-order valence-electron chi connectivity index (χ2n) is 7.90. The minimum absolute atomic E-state index is 0.0740. The summed E-state index contributed by atoms with van der Waals surface area (Å²) in [6.07, 6.45) is 0.832. The van der Waals surface area contributed by atoms with Crippen molar-refractivity contribution in [2.45, 2.75) is 26.3 Å². The quantitative estimate of drug-likeness (QED) is 0.327. The number of rotatable bonds is 5. The van der Waals surface area contributed by atoms with Gasteiger partial charge in [0, 0.05) is 16.8 Å². The Kier molecular flexibility index (Phi) is 6.01. The fourth-order valence-electron chi connectivity index (χ4n) is 4.13. The van der Waals surface area contributed by atoms with Crippen molar-refractivity contribution < 1.29 is 23.8 Å². The number of Topliss-reactive ketones (excluding diaryl/α,β-unsaturated/α-hetero) is 1. The van der Waals surface area contributed by atoms with Crippen molar-refractivity contribution in [3.63, 3.8) is 0 Å². The van der Waals surface area contributed by atoms with Crippen LogP contribution in [0.3, 0.4) is 0 Å². The van der Waals surface area contributed by atoms with E-state index in [2.05, 4.69) is 0 Å². The number of hydrogen-bond acceptors (Lipinski definition) is 4. The van der Waals surface area contributed by atoms with Gasteiger partial charge >= 0.3 is 0 Å². The number of aryl methyl sites for hydroxylation is 2. The van der Waals surface area contributed by atoms with Crippen molar-refractivity contribution in [3.05, 3.63) is 100 Å². The van der Waals surface area contributed by atoms with Crippen molar-refractivity contribution in [2.24, 2.45) is 0 Å². The Morgan fingerprint density at radius 3 is 2.39 bits per heavy atom. The van der Waals surface area contributed by atoms with E-state index in [4.69, 9.17) is 4.74 Å². The van der Waals surface area contributed by atoms with E-state index in [1.54, 1.807) is 43.3 Å². The van der Waals surface area contributed by atoms with Gasteiger partial charge in [-0.3, -0.25) is 14.5 Å². The van der Waals surface area contributed by atoms with Gasteiger partial charge < -0.3 is 9.84 Å². The van der Waals surface area contributed by atoms with Gasteiger partial charge in [-0.05, 0) is 60.9 Å². The lowest BCUT2D eigenvalue weighted by molar-refractivity contribution is -0.132. The minimum atomic E-state index is -0.918. The molecule has 3 aromatic rings. The monoisotopic (exact) mass is 445 g/mol. The third kappa shape index (κ3) is 3.89. The lowest BCUT2D eigenvalue weighted by atomic mass is 9.94. The largest absolute Gasteiger partial charge is 0.507 e. The highest BCUT2D eigenvalue weighted by molar-refractivity contribution is 6.51. The molecule has 3 aromatic carbocycles. The van der Waals surface area contributed by atoms with E-state index >= 15 is 0 Å². The Balaban J connectivity index is 1.97. The second-order valence-corrected chi connectivity index (χ2v) is 7.90. The summed E-state index contributed by atoms with van der Waals surface area (Å²) in [5.41, 5.74) is 2.67. The number of carbonyl (C=O) groups excluding carboxylic acids is 2. The van der Waals surface area contributed by atoms with Crippen LogP contribution in [0.5, 0.6) is 5.75 Å². The highest BCUT2D eigenvalue weighted by Crippen LogP contribution is 2.44. The van der Waals surface area contributed by atoms with Crippen molar-refractivity contribution >= 4 is 23.1 Å². The van der Waals surface area contributed by atoms with Gasteiger partial charge in [0.25, 0.3) is 11.7 Å². The number of amides is 1. The number of hydrogen-bond donors (Lipinski definition) is 1. The minimum Gasteiger partial charge on any atom is -0.507 e. The zero-order valence-corrected chi connectivity index (χ0v) is 18.6. The van der Waals surface area contributed by atoms with Crippen LogP contribution in [-0.4, -0.2) is 23.9 Å². The fourth-order valence-corrected chi connectivity index (χ4v) is 4.13. The molecule has 1 fully saturated rings. The van der Waals surface area contributed by atoms with Crippen LogP contribution < -0.4 is 9.64 Å². The van der Waals surface area contributed by atoms with Gasteiger partial charge in [0.1, 0.15) is 17.3 Å². The van der Waals surface area contributed by atoms with E-state index in [9.17, 15) is 19.1 Å². The third-order valence-electron chi connectivity index (χ3n) is 5.93. The molecular formula is C27H24FNO4. The standard InChI is InChI=1S/C27H24FNO4/c1-4-17-9-12-19(13-10-17)29-24(20-7-5-6-8-22(20)33-3)23(26(31)27(29)32)25(30)18-11-14-21(28)16(2)15-18/h5-15,24,30H,4H2,1-3H3/b25-23+. The number of anilines is 1. The smallest absolute Gasteiger partial charge is 0.300 e. The highest BCUT2D eigenvalue weighted by Gasteiger charge is 2.47. The summed E-state index contributed by atoms with van der Waals surface area (Å²) in [6, 6.07) is 17.6. The van der Waals surface area contributed by atoms with Gasteiger partial charge in [-0.1, -0.05) is 37.3 Å². The Morgan fingerprint density at radius 2 is 1.76 bits per heavy atom. The molecule has 0 aliphatic carbocycles. The SMILES string of the molecule is CCc1ccc(N2C(=O)C(=O)/C(=C(/O)c3ccc(F)c(C)c3)C2c2ccccc2OC)cc1. The number of para-hydroxylation sites is 1. The summed E-state index contributed by atoms with van der Waals surface area (Å²) in [5, 5.41) is 11.2. The lowest BCUT2D eigenvalue weighted by Crippen LogP contribution is -2.29. The number of benzene rings is 3. The molecule has 0 radical (unpaired) electrons. The van der Waals surface area contributed by atoms with Gasteiger partial charge in [-0.25, -0.2) is 4.39 Å². The molecule has 0 bridgehead atoms. The first-order valence-corrected chi connectivity index (χ1v) is 10.7. The molecule has 5 nitrogen and oxygen atoms in total. The first-order valence-electron chi connectivity index (χ1n) is 10.7. The zero-order chi connectivity index (χ0) is 23.7. The molecule has 1 unspecified atom stereocenters. The molecule has 168 valence electrons. The van der Waals surface area contributed by atoms with Crippen LogP contribution in [0.15, 0.2) is 72.3 Å². The van der Waals surface area contributed by atoms with Gasteiger partial charge in [-0.2, -0.15) is 0 Å². The number of halogens is 1. The number of carbonyl (C=O) groups is 2. The number of nitrogens with zero attached hydrogens (tertiary/aromatic N) is 1. The summed E-state index contributed by atoms with van der Waals surface area (Å²) >= 11 is 0. The molecule has 33 heavy (non-hydrogen) atoms. The van der Waals surface area contributed by atoms with Crippen LogP contribution in [0.25, 0.3) is 5.76 Å². The second kappa shape index (κ2) is 8.90. The van der Waals surface area contributed by atoms with Gasteiger partial charge in [0.2, 0.25) is 0 Å². The van der Waals surface area contributed by atoms with Crippen LogP contribution in [-0.2, 0) is 16.0 Å². The Bertz CT molecular complexity index is 1260. The summed E-state index contributed by atoms with van der Waals surface area (Å²) in [7, 11) is 1.50. The fraction of sp³-hybridized carbons (Fsp3) is 0.185. The van der Waals surface area contributed by atoms with Crippen LogP contribution in [0, 0.1) is 12.7 Å². The highest BCUT2D eigenvalue weighted by atomic mass is 19.1. The maximum atomic E-state index is 13.8. The molecule has 1 saturated heterocycles. The number of ether oxygens (including phenoxy) is 1. The number of ketones is 1. The first kappa shape index (κ1) is 22.3. The van der Waals surface area contributed by atoms with E-state index in [-0.39, 0.29) is 16.9 Å². The van der Waals surface area contributed by atoms with E-state index in [1.807, 2.05) is 19.1 Å². The predicted molar refractivity (Wildman–Crippen MR) is 125 cm³/mol. The Labute approximate surface area is 191 Å². The van der Waals surface area contributed by atoms with Gasteiger partial charge in [0.05, 0.1) is 18.7 Å². The zero-order valence-electron chi connectivity index (χ0n) is 18.6. The van der Waals surface area contributed by atoms with Crippen LogP contribution in [0.4, 0.5) is 10.1 Å². The molecule has 1 aliphatic rings. The van der Waals surface area contributed by atoms with Crippen molar-refractivity contribution in [3.8, 4) is 5.75 Å². The molecule has 0 aromatic heterocycles. The van der Waals surface area contributed by atoms with Crippen LogP contribution in [0.2, 0.25) is 0 Å². The van der Waals surface area contributed by atoms with Gasteiger partial charge in [0.15, 0.2) is 0 Å². The Morgan fingerprint density at radius 1 is 1.06 bits per heavy atom. The van der Waals surface area contributed by atoms with E-state index in [0.717, 1.165) is 12.0 Å². The molecule has 1 aliphatic heterocycles. The molecule has 0 saturated carbocycles. The number of aliphatic hydroxyl groups excluding tert-OH is 1. The molecule has 6 heteroatoms. The summed E-state index contributed by atoms with van der Waals surface area (Å²) in [5.74, 6) is -1.88. The Hall–Kier alpha value is -3.93. The molecule has 1 amide bonds. The van der Waals surface area contributed by atoms with E-state index < -0.39 is 23.5 Å². The predicted octanol–water partition coefficient (Wildman–Crippen LogP) is 5.33. The molecule has 1 N–H and O–H groups in total. The number of aliphatic hydroxyl groups is 1. The molecule has 1 heterocycles. The summed E-state index contributed by atoms with van der Waals surface area (Å²) in [6.45, 7) is 3.60. The maximum absolute atomic E-state index is 13.8. The maximum Gasteiger partial charge on any atom is 0.300 e. The average molecular weight is 445 g/mol. The van der Waals surface area contributed by atoms with Crippen molar-refractivity contribution in [1.82, 2.24) is 0 Å². The van der Waals surface area contributed by atoms with E-state index in [1.165, 1.54) is 30.2 Å². The summed E-state index contributed by atoms with van der Waals surface area (Å²) in [4.78, 5) is 27.9. The molecule has 4 rings (SSSR count). The molecular weight excluding hydrogens is 421 g/mol. The van der Waals surface area contributed by atoms with Gasteiger partial charge in [-0.15, -0.1) is 0 Å². The van der Waals surface area contributed by atoms with E-state index in [0.29, 0.717) is 22.6 Å². The topological polar surface area (TPSA) is 66.8 Å². The molecule has 0 spiro atoms. The van der Waals surface area contributed by atoms with Crippen molar-refractivity contribution in [2.75, 3.05) is 12.0 Å². The van der Waals surface area contributed by atoms with Crippen LogP contribution in [0.1, 0.15) is 35.2 Å². The third-order valence-corrected chi connectivity index (χ3v) is 5.93. The normalized spacial score (nSPS) is 17.5. The van der Waals surface area contributed by atoms with Crippen LogP contribution >= 0.6 is 0 Å². The molecule has 1 atom stereocenters. The average Bonchev–Trinajstić information content (AvgIpc) is 3.10. The number of methoxy groups -OCH3 is 1. The van der Waals surface area contributed by atoms with Crippen molar-refractivity contribution in [1.29, 1.82) is 0 Å². The first-order chi connectivity index (χ1) is 15.9.